The third-order valence-corrected chi connectivity index (χ3v) is 4.60. The lowest BCUT2D eigenvalue weighted by atomic mass is 9.75. The predicted molar refractivity (Wildman–Crippen MR) is 73.5 cm³/mol. The molecule has 2 aliphatic rings. The van der Waals surface area contributed by atoms with Gasteiger partial charge in [0.25, 0.3) is 0 Å². The zero-order valence-electron chi connectivity index (χ0n) is 10.9. The maximum Gasteiger partial charge on any atom is 0.154 e. The van der Waals surface area contributed by atoms with Crippen LogP contribution in [0.2, 0.25) is 0 Å². The van der Waals surface area contributed by atoms with E-state index in [1.165, 1.54) is 6.08 Å². The van der Waals surface area contributed by atoms with Crippen molar-refractivity contribution < 1.29 is 4.79 Å². The van der Waals surface area contributed by atoms with E-state index in [4.69, 9.17) is 22.5 Å². The van der Waals surface area contributed by atoms with Crippen LogP contribution in [-0.4, -0.2) is 29.1 Å². The summed E-state index contributed by atoms with van der Waals surface area (Å²) < 4.78 is 0. The van der Waals surface area contributed by atoms with Crippen LogP contribution in [0, 0.1) is 16.9 Å². The van der Waals surface area contributed by atoms with Crippen molar-refractivity contribution in [2.24, 2.45) is 11.0 Å². The van der Waals surface area contributed by atoms with Gasteiger partial charge in [0.05, 0.1) is 0 Å². The minimum Gasteiger partial charge on any atom is -0.351 e. The molecular formula is C13H19ClN4O. The summed E-state index contributed by atoms with van der Waals surface area (Å²) in [7, 11) is 0. The number of carbonyl (C=O) groups excluding carboxylic acids is 1. The van der Waals surface area contributed by atoms with Gasteiger partial charge >= 0.3 is 0 Å². The summed E-state index contributed by atoms with van der Waals surface area (Å²) in [6, 6.07) is 0. The van der Waals surface area contributed by atoms with Crippen molar-refractivity contribution in [2.75, 3.05) is 6.54 Å². The maximum atomic E-state index is 10.8. The van der Waals surface area contributed by atoms with E-state index in [1.807, 2.05) is 0 Å². The fourth-order valence-corrected chi connectivity index (χ4v) is 3.47. The lowest BCUT2D eigenvalue weighted by Crippen LogP contribution is -2.48. The Kier molecular flexibility index (Phi) is 4.34. The molecule has 0 unspecified atom stereocenters. The molecule has 1 aliphatic heterocycles. The monoisotopic (exact) mass is 282 g/mol. The topological polar surface area (TPSA) is 80.4 Å². The number of aldehydes is 1. The number of hydrogen-bond donors (Lipinski definition) is 2. The standard InChI is InChI=1S/C13H19ClN4O/c14-11(17-16)8-12(15)18-7-1-4-13(18)5-2-10(9-19)3-6-13/h8-10,15-16H,1-7H2. The molecule has 1 saturated heterocycles. The highest BCUT2D eigenvalue weighted by atomic mass is 35.5. The van der Waals surface area contributed by atoms with Crippen LogP contribution >= 0.6 is 11.6 Å². The quantitative estimate of drug-likeness (QED) is 0.274. The average Bonchev–Trinajstić information content (AvgIpc) is 2.83. The zero-order valence-corrected chi connectivity index (χ0v) is 11.6. The molecule has 2 fully saturated rings. The van der Waals surface area contributed by atoms with E-state index in [1.54, 1.807) is 0 Å². The summed E-state index contributed by atoms with van der Waals surface area (Å²) in [5.41, 5.74) is 6.85. The van der Waals surface area contributed by atoms with Gasteiger partial charge in [-0.1, -0.05) is 11.6 Å². The largest absolute Gasteiger partial charge is 0.351 e. The summed E-state index contributed by atoms with van der Waals surface area (Å²) in [4.78, 5) is 12.9. The lowest BCUT2D eigenvalue weighted by Gasteiger charge is -2.43. The highest BCUT2D eigenvalue weighted by Gasteiger charge is 2.44. The van der Waals surface area contributed by atoms with Crippen molar-refractivity contribution in [3.8, 4) is 0 Å². The summed E-state index contributed by atoms with van der Waals surface area (Å²) in [5.74, 6) is 0.521. The van der Waals surface area contributed by atoms with Crippen molar-refractivity contribution in [2.45, 2.75) is 44.1 Å². The highest BCUT2D eigenvalue weighted by molar-refractivity contribution is 6.30. The minimum absolute atomic E-state index is 0.0201. The average molecular weight is 283 g/mol. The van der Waals surface area contributed by atoms with Gasteiger partial charge in [-0.05, 0) is 38.5 Å². The molecule has 104 valence electrons. The van der Waals surface area contributed by atoms with E-state index < -0.39 is 0 Å². The number of carbonyl (C=O) groups is 1. The van der Waals surface area contributed by atoms with Crippen LogP contribution in [-0.2, 0) is 4.79 Å². The number of hydrogen-bond acceptors (Lipinski definition) is 4. The number of halogens is 1. The molecule has 0 atom stereocenters. The Morgan fingerprint density at radius 1 is 1.37 bits per heavy atom. The molecule has 0 aromatic carbocycles. The van der Waals surface area contributed by atoms with Crippen LogP contribution in [0.3, 0.4) is 0 Å². The van der Waals surface area contributed by atoms with E-state index in [-0.39, 0.29) is 16.6 Å². The Balaban J connectivity index is 2.11. The first-order valence-corrected chi connectivity index (χ1v) is 7.05. The molecule has 0 radical (unpaired) electrons. The molecule has 2 N–H and O–H groups in total. The van der Waals surface area contributed by atoms with Crippen LogP contribution in [0.25, 0.3) is 0 Å². The smallest absolute Gasteiger partial charge is 0.154 e. The van der Waals surface area contributed by atoms with Crippen LogP contribution in [0.1, 0.15) is 38.5 Å². The Labute approximate surface area is 118 Å². The molecule has 1 aliphatic carbocycles. The van der Waals surface area contributed by atoms with E-state index in [9.17, 15) is 4.79 Å². The molecule has 5 nitrogen and oxygen atoms in total. The minimum atomic E-state index is 0.0201. The summed E-state index contributed by atoms with van der Waals surface area (Å²) in [5, 5.41) is 11.3. The van der Waals surface area contributed by atoms with Crippen molar-refractivity contribution in [3.05, 3.63) is 11.2 Å². The molecule has 0 aromatic heterocycles. The maximum absolute atomic E-state index is 10.8. The molecule has 19 heavy (non-hydrogen) atoms. The van der Waals surface area contributed by atoms with Crippen molar-refractivity contribution in [3.63, 3.8) is 0 Å². The van der Waals surface area contributed by atoms with E-state index >= 15 is 0 Å². The van der Waals surface area contributed by atoms with E-state index in [2.05, 4.69) is 10.0 Å². The molecule has 0 amide bonds. The van der Waals surface area contributed by atoms with Crippen molar-refractivity contribution in [1.82, 2.24) is 4.90 Å². The number of nitrogens with zero attached hydrogens (tertiary/aromatic N) is 2. The first-order chi connectivity index (χ1) is 9.11. The Hall–Kier alpha value is -1.23. The molecule has 0 bridgehead atoms. The van der Waals surface area contributed by atoms with Gasteiger partial charge in [0, 0.05) is 24.1 Å². The van der Waals surface area contributed by atoms with Crippen LogP contribution in [0.15, 0.2) is 16.3 Å². The van der Waals surface area contributed by atoms with Gasteiger partial charge in [-0.2, -0.15) is 0 Å². The van der Waals surface area contributed by atoms with Crippen LogP contribution in [0.4, 0.5) is 0 Å². The van der Waals surface area contributed by atoms with Gasteiger partial charge < -0.3 is 9.69 Å². The Bertz CT molecular complexity index is 413. The number of nitrogens with one attached hydrogen (secondary N) is 2. The van der Waals surface area contributed by atoms with Gasteiger partial charge in [0.15, 0.2) is 5.16 Å². The van der Waals surface area contributed by atoms with Gasteiger partial charge in [0.1, 0.15) is 12.1 Å². The van der Waals surface area contributed by atoms with Crippen molar-refractivity contribution >= 4 is 23.7 Å². The van der Waals surface area contributed by atoms with E-state index in [0.717, 1.165) is 51.4 Å². The fourth-order valence-electron chi connectivity index (χ4n) is 3.37. The third kappa shape index (κ3) is 2.86. The van der Waals surface area contributed by atoms with Crippen LogP contribution in [0.5, 0.6) is 0 Å². The summed E-state index contributed by atoms with van der Waals surface area (Å²) in [6.07, 6.45) is 8.38. The normalized spacial score (nSPS) is 31.5. The lowest BCUT2D eigenvalue weighted by molar-refractivity contribution is -0.112. The van der Waals surface area contributed by atoms with E-state index in [0.29, 0.717) is 5.84 Å². The first kappa shape index (κ1) is 14.2. The van der Waals surface area contributed by atoms with Gasteiger partial charge in [0.2, 0.25) is 0 Å². The summed E-state index contributed by atoms with van der Waals surface area (Å²) in [6.45, 7) is 0.850. The fraction of sp³-hybridized carbons (Fsp3) is 0.692. The molecule has 0 aromatic rings. The molecule has 6 heteroatoms. The second kappa shape index (κ2) is 5.82. The highest BCUT2D eigenvalue weighted by Crippen LogP contribution is 2.43. The molecule has 1 heterocycles. The second-order valence-corrected chi connectivity index (χ2v) is 5.80. The van der Waals surface area contributed by atoms with Crippen LogP contribution < -0.4 is 0 Å². The zero-order chi connectivity index (χ0) is 13.9. The Morgan fingerprint density at radius 3 is 2.63 bits per heavy atom. The van der Waals surface area contributed by atoms with Gasteiger partial charge in [-0.15, -0.1) is 5.11 Å². The van der Waals surface area contributed by atoms with Crippen molar-refractivity contribution in [1.29, 1.82) is 10.9 Å². The SMILES string of the molecule is N=NC(Cl)=CC(=N)N1CCCC12CCC(C=O)CC2. The molecule has 1 spiro atoms. The second-order valence-electron chi connectivity index (χ2n) is 5.42. The molecule has 1 saturated carbocycles. The third-order valence-electron chi connectivity index (χ3n) is 4.40. The number of likely N-dealkylation sites (tertiary alicyclic amines) is 1. The Morgan fingerprint density at radius 2 is 2.05 bits per heavy atom. The molecular weight excluding hydrogens is 264 g/mol. The molecule has 2 rings (SSSR count). The predicted octanol–water partition coefficient (Wildman–Crippen LogP) is 3.30. The van der Waals surface area contributed by atoms with Gasteiger partial charge in [-0.3, -0.25) is 5.41 Å². The van der Waals surface area contributed by atoms with Gasteiger partial charge in [-0.25, -0.2) is 5.53 Å². The number of rotatable bonds is 3. The first-order valence-electron chi connectivity index (χ1n) is 6.67. The number of amidine groups is 1. The summed E-state index contributed by atoms with van der Waals surface area (Å²) >= 11 is 5.70.